The van der Waals surface area contributed by atoms with E-state index in [2.05, 4.69) is 0 Å². The summed E-state index contributed by atoms with van der Waals surface area (Å²) in [5.74, 6) is 1.40. The zero-order valence-corrected chi connectivity index (χ0v) is 28.3. The molecule has 2 amide bonds. The van der Waals surface area contributed by atoms with E-state index in [-0.39, 0.29) is 24.0 Å². The van der Waals surface area contributed by atoms with E-state index in [0.29, 0.717) is 37.4 Å². The van der Waals surface area contributed by atoms with Crippen LogP contribution in [-0.4, -0.2) is 63.5 Å². The topological polar surface area (TPSA) is 84.1 Å². The van der Waals surface area contributed by atoms with Crippen molar-refractivity contribution in [2.75, 3.05) is 49.3 Å². The highest BCUT2D eigenvalue weighted by atomic mass is 16.6. The first-order valence-electron chi connectivity index (χ1n) is 17.1. The van der Waals surface area contributed by atoms with E-state index in [1.54, 1.807) is 9.80 Å². The van der Waals surface area contributed by atoms with Crippen molar-refractivity contribution in [3.05, 3.63) is 132 Å². The summed E-state index contributed by atoms with van der Waals surface area (Å²) in [6.45, 7) is 7.51. The number of anilines is 2. The summed E-state index contributed by atoms with van der Waals surface area (Å²) in [5.41, 5.74) is 6.73. The number of hydrogen-bond donors (Lipinski definition) is 0. The molecule has 0 aromatic heterocycles. The molecule has 5 aromatic carbocycles. The molecule has 254 valence electrons. The molecular formula is C42H40N2O6. The van der Waals surface area contributed by atoms with Crippen LogP contribution in [0, 0.1) is 0 Å². The molecule has 2 aliphatic rings. The Morgan fingerprint density at radius 2 is 0.900 bits per heavy atom. The molecule has 5 aromatic rings. The summed E-state index contributed by atoms with van der Waals surface area (Å²) in [7, 11) is 0. The van der Waals surface area contributed by atoms with Crippen molar-refractivity contribution >= 4 is 23.2 Å². The van der Waals surface area contributed by atoms with Gasteiger partial charge in [-0.05, 0) is 103 Å². The molecule has 8 heteroatoms. The number of carbonyl (C=O) groups excluding carboxylic acids is 2. The minimum absolute atomic E-state index is 0.108. The third-order valence-corrected chi connectivity index (χ3v) is 8.89. The van der Waals surface area contributed by atoms with E-state index in [1.807, 2.05) is 135 Å². The summed E-state index contributed by atoms with van der Waals surface area (Å²) in [5, 5.41) is 0. The van der Waals surface area contributed by atoms with Crippen molar-refractivity contribution in [1.82, 2.24) is 0 Å². The first-order valence-corrected chi connectivity index (χ1v) is 17.1. The lowest BCUT2D eigenvalue weighted by atomic mass is 10.0. The van der Waals surface area contributed by atoms with Crippen molar-refractivity contribution in [1.29, 1.82) is 0 Å². The quantitative estimate of drug-likeness (QED) is 0.112. The second kappa shape index (κ2) is 15.0. The first kappa shape index (κ1) is 33.1. The van der Waals surface area contributed by atoms with Crippen LogP contribution in [-0.2, 0) is 9.47 Å². The van der Waals surface area contributed by atoms with Gasteiger partial charge in [-0.15, -0.1) is 0 Å². The molecule has 2 heterocycles. The van der Waals surface area contributed by atoms with Crippen molar-refractivity contribution in [3.8, 4) is 33.8 Å². The normalized spacial score (nSPS) is 16.0. The molecule has 2 saturated heterocycles. The van der Waals surface area contributed by atoms with Gasteiger partial charge in [0.2, 0.25) is 0 Å². The highest BCUT2D eigenvalue weighted by Crippen LogP contribution is 2.29. The molecule has 0 bridgehead atoms. The maximum absolute atomic E-state index is 13.7. The van der Waals surface area contributed by atoms with E-state index in [4.69, 9.17) is 18.9 Å². The lowest BCUT2D eigenvalue weighted by Crippen LogP contribution is -2.32. The molecule has 2 fully saturated rings. The summed E-state index contributed by atoms with van der Waals surface area (Å²) in [6, 6.07) is 38.7. The fourth-order valence-corrected chi connectivity index (χ4v) is 5.83. The Hall–Kier alpha value is -5.44. The maximum atomic E-state index is 13.7. The lowest BCUT2D eigenvalue weighted by Gasteiger charge is -2.25. The predicted octanol–water partition coefficient (Wildman–Crippen LogP) is 7.91. The zero-order valence-electron chi connectivity index (χ0n) is 28.3. The van der Waals surface area contributed by atoms with Gasteiger partial charge in [0.15, 0.2) is 0 Å². The van der Waals surface area contributed by atoms with Crippen LogP contribution < -0.4 is 19.3 Å². The molecule has 2 unspecified atom stereocenters. The van der Waals surface area contributed by atoms with Gasteiger partial charge in [0, 0.05) is 35.6 Å². The SMILES string of the molecule is CCN(C(=O)c1ccc(-c2ccc(OCC3CO3)cc2)cc1)c1cccc(N(CC)C(=O)c2ccc(-c3ccc(OCC4CO4)cc3)cc2)c1. The van der Waals surface area contributed by atoms with E-state index < -0.39 is 0 Å². The average molecular weight is 669 g/mol. The van der Waals surface area contributed by atoms with Crippen molar-refractivity contribution in [2.45, 2.75) is 26.1 Å². The number of ether oxygens (including phenoxy) is 4. The van der Waals surface area contributed by atoms with E-state index in [9.17, 15) is 9.59 Å². The van der Waals surface area contributed by atoms with Gasteiger partial charge in [0.25, 0.3) is 11.8 Å². The summed E-state index contributed by atoms with van der Waals surface area (Å²) in [4.78, 5) is 31.0. The smallest absolute Gasteiger partial charge is 0.258 e. The van der Waals surface area contributed by atoms with Crippen molar-refractivity contribution in [3.63, 3.8) is 0 Å². The van der Waals surface area contributed by atoms with Gasteiger partial charge in [0.05, 0.1) is 13.2 Å². The number of benzene rings is 5. The Bertz CT molecular complexity index is 1780. The number of amides is 2. The Balaban J connectivity index is 1.01. The van der Waals surface area contributed by atoms with E-state index in [1.165, 1.54) is 0 Å². The first-order chi connectivity index (χ1) is 24.5. The molecule has 0 aliphatic carbocycles. The van der Waals surface area contributed by atoms with Crippen LogP contribution in [0.4, 0.5) is 11.4 Å². The van der Waals surface area contributed by atoms with Gasteiger partial charge in [-0.1, -0.05) is 54.6 Å². The van der Waals surface area contributed by atoms with Crippen molar-refractivity contribution in [2.24, 2.45) is 0 Å². The van der Waals surface area contributed by atoms with Crippen LogP contribution in [0.3, 0.4) is 0 Å². The number of nitrogens with zero attached hydrogens (tertiary/aromatic N) is 2. The fraction of sp³-hybridized carbons (Fsp3) is 0.238. The molecule has 2 atom stereocenters. The van der Waals surface area contributed by atoms with Gasteiger partial charge in [0.1, 0.15) is 36.9 Å². The largest absolute Gasteiger partial charge is 0.491 e. The van der Waals surface area contributed by atoms with Gasteiger partial charge < -0.3 is 28.7 Å². The van der Waals surface area contributed by atoms with Gasteiger partial charge in [-0.2, -0.15) is 0 Å². The van der Waals surface area contributed by atoms with Gasteiger partial charge in [-0.25, -0.2) is 0 Å². The number of rotatable bonds is 14. The maximum Gasteiger partial charge on any atom is 0.258 e. The highest BCUT2D eigenvalue weighted by Gasteiger charge is 2.24. The fourth-order valence-electron chi connectivity index (χ4n) is 5.83. The Labute approximate surface area is 292 Å². The van der Waals surface area contributed by atoms with Crippen LogP contribution in [0.15, 0.2) is 121 Å². The van der Waals surface area contributed by atoms with Crippen LogP contribution >= 0.6 is 0 Å². The monoisotopic (exact) mass is 668 g/mol. The van der Waals surface area contributed by atoms with Gasteiger partial charge >= 0.3 is 0 Å². The molecule has 0 N–H and O–H groups in total. The zero-order chi connectivity index (χ0) is 34.5. The Morgan fingerprint density at radius 1 is 0.560 bits per heavy atom. The molecular weight excluding hydrogens is 628 g/mol. The molecule has 50 heavy (non-hydrogen) atoms. The summed E-state index contributed by atoms with van der Waals surface area (Å²) >= 11 is 0. The molecule has 0 radical (unpaired) electrons. The second-order valence-electron chi connectivity index (χ2n) is 12.4. The third-order valence-electron chi connectivity index (χ3n) is 8.89. The molecule has 8 nitrogen and oxygen atoms in total. The van der Waals surface area contributed by atoms with Gasteiger partial charge in [-0.3, -0.25) is 9.59 Å². The van der Waals surface area contributed by atoms with Crippen LogP contribution in [0.25, 0.3) is 22.3 Å². The van der Waals surface area contributed by atoms with E-state index in [0.717, 1.165) is 58.3 Å². The van der Waals surface area contributed by atoms with Crippen LogP contribution in [0.1, 0.15) is 34.6 Å². The molecule has 2 aliphatic heterocycles. The number of epoxide rings is 2. The Kier molecular flexibility index (Phi) is 9.91. The minimum atomic E-state index is -0.108. The van der Waals surface area contributed by atoms with Crippen LogP contribution in [0.5, 0.6) is 11.5 Å². The predicted molar refractivity (Wildman–Crippen MR) is 195 cm³/mol. The van der Waals surface area contributed by atoms with Crippen LogP contribution in [0.2, 0.25) is 0 Å². The Morgan fingerprint density at radius 3 is 1.22 bits per heavy atom. The lowest BCUT2D eigenvalue weighted by molar-refractivity contribution is 0.0981. The second-order valence-corrected chi connectivity index (χ2v) is 12.4. The average Bonchev–Trinajstić information content (AvgIpc) is 4.11. The van der Waals surface area contributed by atoms with Crippen molar-refractivity contribution < 1.29 is 28.5 Å². The summed E-state index contributed by atoms with van der Waals surface area (Å²) < 4.78 is 21.9. The number of carbonyl (C=O) groups is 2. The minimum Gasteiger partial charge on any atom is -0.491 e. The molecule has 7 rings (SSSR count). The van der Waals surface area contributed by atoms with E-state index >= 15 is 0 Å². The molecule has 0 spiro atoms. The number of hydrogen-bond acceptors (Lipinski definition) is 6. The molecule has 0 saturated carbocycles. The highest BCUT2D eigenvalue weighted by molar-refractivity contribution is 6.08. The summed E-state index contributed by atoms with van der Waals surface area (Å²) in [6.07, 6.45) is 0.427. The standard InChI is InChI=1S/C42H40N2O6/c1-3-43(41(45)33-12-8-29(9-13-33)31-16-20-37(21-17-31)47-25-39-27-49-39)35-6-5-7-36(24-35)44(4-2)42(46)34-14-10-30(11-15-34)32-18-22-38(23-19-32)48-26-40-28-50-40/h5-24,39-40H,3-4,25-28H2,1-2H3. The third kappa shape index (κ3) is 7.88.